The van der Waals surface area contributed by atoms with E-state index in [0.29, 0.717) is 0 Å². The summed E-state index contributed by atoms with van der Waals surface area (Å²) in [5.41, 5.74) is 5.39. The van der Waals surface area contributed by atoms with Crippen molar-refractivity contribution in [2.75, 3.05) is 12.3 Å². The van der Waals surface area contributed by atoms with Crippen LogP contribution in [0.15, 0.2) is 23.1 Å². The van der Waals surface area contributed by atoms with Crippen LogP contribution in [0.1, 0.15) is 6.92 Å². The normalized spacial score (nSPS) is 13.7. The number of anilines is 1. The second kappa shape index (κ2) is 4.77. The van der Waals surface area contributed by atoms with Gasteiger partial charge in [-0.1, -0.05) is 0 Å². The molecule has 90 valence electrons. The van der Waals surface area contributed by atoms with Crippen molar-refractivity contribution in [2.24, 2.45) is 0 Å². The van der Waals surface area contributed by atoms with Gasteiger partial charge >= 0.3 is 0 Å². The van der Waals surface area contributed by atoms with Gasteiger partial charge in [-0.25, -0.2) is 17.5 Å². The van der Waals surface area contributed by atoms with Gasteiger partial charge in [0.25, 0.3) is 0 Å². The van der Waals surface area contributed by atoms with Crippen LogP contribution < -0.4 is 10.5 Å². The number of benzene rings is 1. The predicted molar refractivity (Wildman–Crippen MR) is 57.7 cm³/mol. The molecular formula is C9H13FN2O3S. The summed E-state index contributed by atoms with van der Waals surface area (Å²) in [5.74, 6) is -0.688. The van der Waals surface area contributed by atoms with Gasteiger partial charge < -0.3 is 10.8 Å². The predicted octanol–water partition coefficient (Wildman–Crippen LogP) is 0.0670. The molecule has 5 nitrogen and oxygen atoms in total. The first-order valence-electron chi connectivity index (χ1n) is 4.55. The summed E-state index contributed by atoms with van der Waals surface area (Å²) in [6.07, 6.45) is -0.829. The second-order valence-corrected chi connectivity index (χ2v) is 5.12. The van der Waals surface area contributed by atoms with E-state index in [0.717, 1.165) is 12.1 Å². The van der Waals surface area contributed by atoms with Crippen LogP contribution in [0.25, 0.3) is 0 Å². The smallest absolute Gasteiger partial charge is 0.242 e. The summed E-state index contributed by atoms with van der Waals surface area (Å²) in [6.45, 7) is 1.27. The third-order valence-corrected chi connectivity index (χ3v) is 3.31. The lowest BCUT2D eigenvalue weighted by Crippen LogP contribution is -2.31. The third kappa shape index (κ3) is 3.16. The number of hydrogen-bond acceptors (Lipinski definition) is 4. The minimum Gasteiger partial charge on any atom is -0.398 e. The van der Waals surface area contributed by atoms with Gasteiger partial charge in [0.2, 0.25) is 10.0 Å². The highest BCUT2D eigenvalue weighted by molar-refractivity contribution is 7.89. The second-order valence-electron chi connectivity index (χ2n) is 3.38. The molecule has 0 aliphatic rings. The molecule has 0 radical (unpaired) electrons. The van der Waals surface area contributed by atoms with E-state index in [-0.39, 0.29) is 17.1 Å². The summed E-state index contributed by atoms with van der Waals surface area (Å²) >= 11 is 0. The zero-order chi connectivity index (χ0) is 12.3. The summed E-state index contributed by atoms with van der Waals surface area (Å²) in [6, 6.07) is 3.08. The lowest BCUT2D eigenvalue weighted by Gasteiger charge is -2.10. The molecule has 0 fully saturated rings. The first kappa shape index (κ1) is 12.9. The first-order chi connectivity index (χ1) is 7.33. The van der Waals surface area contributed by atoms with Crippen LogP contribution in [0, 0.1) is 5.82 Å². The number of nitrogens with two attached hydrogens (primary N) is 1. The van der Waals surface area contributed by atoms with Gasteiger partial charge in [-0.3, -0.25) is 0 Å². The number of nitrogens with one attached hydrogen (secondary N) is 1. The number of aliphatic hydroxyl groups is 1. The van der Waals surface area contributed by atoms with Crippen LogP contribution >= 0.6 is 0 Å². The Kier molecular flexibility index (Phi) is 3.84. The van der Waals surface area contributed by atoms with Crippen molar-refractivity contribution in [1.29, 1.82) is 0 Å². The Hall–Kier alpha value is -1.18. The summed E-state index contributed by atoms with van der Waals surface area (Å²) in [4.78, 5) is -0.326. The van der Waals surface area contributed by atoms with Crippen molar-refractivity contribution in [1.82, 2.24) is 4.72 Å². The van der Waals surface area contributed by atoms with Crippen molar-refractivity contribution in [3.63, 3.8) is 0 Å². The highest BCUT2D eigenvalue weighted by Crippen LogP contribution is 2.18. The average Bonchev–Trinajstić information content (AvgIpc) is 2.19. The van der Waals surface area contributed by atoms with Gasteiger partial charge in [-0.2, -0.15) is 0 Å². The lowest BCUT2D eigenvalue weighted by molar-refractivity contribution is 0.198. The Bertz CT molecular complexity index is 474. The monoisotopic (exact) mass is 248 g/mol. The van der Waals surface area contributed by atoms with Crippen LogP contribution in [0.3, 0.4) is 0 Å². The van der Waals surface area contributed by atoms with Gasteiger partial charge in [0, 0.05) is 6.54 Å². The fraction of sp³-hybridized carbons (Fsp3) is 0.333. The molecule has 1 aromatic rings. The number of nitrogen functional groups attached to an aromatic ring is 1. The Morgan fingerprint density at radius 2 is 2.19 bits per heavy atom. The Balaban J connectivity index is 3.02. The minimum absolute atomic E-state index is 0.0421. The molecule has 0 saturated heterocycles. The van der Waals surface area contributed by atoms with E-state index in [1.165, 1.54) is 13.0 Å². The molecule has 0 spiro atoms. The van der Waals surface area contributed by atoms with Crippen LogP contribution in [0.2, 0.25) is 0 Å². The fourth-order valence-corrected chi connectivity index (χ4v) is 2.31. The molecule has 16 heavy (non-hydrogen) atoms. The van der Waals surface area contributed by atoms with Crippen LogP contribution in [-0.2, 0) is 10.0 Å². The molecule has 1 rings (SSSR count). The average molecular weight is 248 g/mol. The Labute approximate surface area is 93.1 Å². The maximum Gasteiger partial charge on any atom is 0.242 e. The molecule has 4 N–H and O–H groups in total. The molecule has 0 unspecified atom stereocenters. The van der Waals surface area contributed by atoms with Gasteiger partial charge in [-0.15, -0.1) is 0 Å². The maximum atomic E-state index is 12.9. The molecule has 7 heteroatoms. The van der Waals surface area contributed by atoms with Crippen molar-refractivity contribution < 1.29 is 17.9 Å². The summed E-state index contributed by atoms with van der Waals surface area (Å²) < 4.78 is 38.3. The zero-order valence-corrected chi connectivity index (χ0v) is 9.46. The van der Waals surface area contributed by atoms with E-state index >= 15 is 0 Å². The largest absolute Gasteiger partial charge is 0.398 e. The highest BCUT2D eigenvalue weighted by Gasteiger charge is 2.18. The molecule has 0 aromatic heterocycles. The van der Waals surface area contributed by atoms with Gasteiger partial charge in [0.15, 0.2) is 0 Å². The Morgan fingerprint density at radius 1 is 1.56 bits per heavy atom. The molecule has 1 atom stereocenters. The SMILES string of the molecule is C[C@H](O)CNS(=O)(=O)c1cc(F)ccc1N. The number of sulfonamides is 1. The van der Waals surface area contributed by atoms with Gasteiger partial charge in [-0.05, 0) is 25.1 Å². The number of rotatable bonds is 4. The standard InChI is InChI=1S/C9H13FN2O3S/c1-6(13)5-12-16(14,15)9-4-7(10)2-3-8(9)11/h2-4,6,12-13H,5,11H2,1H3/t6-/m0/s1. The number of hydrogen-bond donors (Lipinski definition) is 3. The third-order valence-electron chi connectivity index (χ3n) is 1.83. The van der Waals surface area contributed by atoms with Crippen molar-refractivity contribution in [3.05, 3.63) is 24.0 Å². The van der Waals surface area contributed by atoms with E-state index in [2.05, 4.69) is 4.72 Å². The van der Waals surface area contributed by atoms with Crippen molar-refractivity contribution in [2.45, 2.75) is 17.9 Å². The van der Waals surface area contributed by atoms with E-state index in [1.807, 2.05) is 0 Å². The molecule has 0 aliphatic heterocycles. The van der Waals surface area contributed by atoms with E-state index in [9.17, 15) is 12.8 Å². The quantitative estimate of drug-likeness (QED) is 0.657. The molecule has 1 aromatic carbocycles. The van der Waals surface area contributed by atoms with Crippen molar-refractivity contribution >= 4 is 15.7 Å². The molecule has 0 heterocycles. The van der Waals surface area contributed by atoms with Gasteiger partial charge in [0.05, 0.1) is 11.8 Å². The summed E-state index contributed by atoms with van der Waals surface area (Å²) in [7, 11) is -3.88. The van der Waals surface area contributed by atoms with Crippen LogP contribution in [-0.4, -0.2) is 26.2 Å². The number of aliphatic hydroxyl groups excluding tert-OH is 1. The van der Waals surface area contributed by atoms with Crippen LogP contribution in [0.5, 0.6) is 0 Å². The highest BCUT2D eigenvalue weighted by atomic mass is 32.2. The summed E-state index contributed by atoms with van der Waals surface area (Å²) in [5, 5.41) is 8.95. The van der Waals surface area contributed by atoms with Gasteiger partial charge in [0.1, 0.15) is 10.7 Å². The van der Waals surface area contributed by atoms with E-state index < -0.39 is 21.9 Å². The molecular weight excluding hydrogens is 235 g/mol. The Morgan fingerprint density at radius 3 is 2.75 bits per heavy atom. The molecule has 0 aliphatic carbocycles. The topological polar surface area (TPSA) is 92.4 Å². The first-order valence-corrected chi connectivity index (χ1v) is 6.04. The van der Waals surface area contributed by atoms with Crippen molar-refractivity contribution in [3.8, 4) is 0 Å². The minimum atomic E-state index is -3.88. The molecule has 0 saturated carbocycles. The lowest BCUT2D eigenvalue weighted by atomic mass is 10.3. The van der Waals surface area contributed by atoms with Crippen LogP contribution in [0.4, 0.5) is 10.1 Å². The fourth-order valence-electron chi connectivity index (χ4n) is 1.05. The van der Waals surface area contributed by atoms with E-state index in [1.54, 1.807) is 0 Å². The maximum absolute atomic E-state index is 12.9. The number of halogens is 1. The molecule has 0 bridgehead atoms. The molecule has 0 amide bonds. The van der Waals surface area contributed by atoms with E-state index in [4.69, 9.17) is 10.8 Å². The zero-order valence-electron chi connectivity index (χ0n) is 8.64.